The van der Waals surface area contributed by atoms with Gasteiger partial charge in [0, 0.05) is 6.20 Å². The van der Waals surface area contributed by atoms with Crippen LogP contribution < -0.4 is 14.9 Å². The van der Waals surface area contributed by atoms with Crippen LogP contribution in [0.1, 0.15) is 29.8 Å². The number of nitrogens with zero attached hydrogens (tertiary/aromatic N) is 2. The van der Waals surface area contributed by atoms with Gasteiger partial charge in [-0.15, -0.1) is 0 Å². The average molecular weight is 382 g/mol. The molecule has 1 heterocycles. The minimum atomic E-state index is -0.462. The highest BCUT2D eigenvalue weighted by Gasteiger charge is 2.12. The van der Waals surface area contributed by atoms with Gasteiger partial charge in [0.15, 0.2) is 11.5 Å². The Morgan fingerprint density at radius 3 is 2.72 bits per heavy atom. The molecule has 0 aliphatic carbocycles. The summed E-state index contributed by atoms with van der Waals surface area (Å²) >= 11 is 12.1. The summed E-state index contributed by atoms with van der Waals surface area (Å²) in [6, 6.07) is 6.57. The third-order valence-corrected chi connectivity index (χ3v) is 3.59. The topological polar surface area (TPSA) is 72.8 Å². The lowest BCUT2D eigenvalue weighted by Gasteiger charge is -2.13. The van der Waals surface area contributed by atoms with Gasteiger partial charge in [-0.1, -0.05) is 23.2 Å². The minimum Gasteiger partial charge on any atom is -0.490 e. The summed E-state index contributed by atoms with van der Waals surface area (Å²) in [7, 11) is 0. The first-order chi connectivity index (χ1) is 12.1. The lowest BCUT2D eigenvalue weighted by atomic mass is 10.2. The molecule has 0 aliphatic rings. The third kappa shape index (κ3) is 5.08. The number of halogens is 2. The maximum Gasteiger partial charge on any atom is 0.274 e. The predicted octanol–water partition coefficient (Wildman–Crippen LogP) is 3.95. The van der Waals surface area contributed by atoms with E-state index in [1.807, 2.05) is 13.8 Å². The van der Waals surface area contributed by atoms with Gasteiger partial charge < -0.3 is 9.47 Å². The quantitative estimate of drug-likeness (QED) is 0.447. The summed E-state index contributed by atoms with van der Waals surface area (Å²) < 4.78 is 11.0. The molecule has 0 aliphatic heterocycles. The maximum absolute atomic E-state index is 12.0. The molecule has 1 aromatic carbocycles. The van der Waals surface area contributed by atoms with Gasteiger partial charge in [-0.2, -0.15) is 5.10 Å². The highest BCUT2D eigenvalue weighted by Crippen LogP contribution is 2.36. The lowest BCUT2D eigenvalue weighted by Crippen LogP contribution is -2.18. The molecule has 0 atom stereocenters. The molecule has 8 heteroatoms. The summed E-state index contributed by atoms with van der Waals surface area (Å²) in [6.45, 7) is 4.66. The Bertz CT molecular complexity index is 782. The van der Waals surface area contributed by atoms with E-state index in [9.17, 15) is 4.79 Å². The Kier molecular flexibility index (Phi) is 7.03. The number of aromatic nitrogens is 1. The zero-order valence-corrected chi connectivity index (χ0v) is 15.3. The monoisotopic (exact) mass is 381 g/mol. The fourth-order valence-electron chi connectivity index (χ4n) is 1.99. The van der Waals surface area contributed by atoms with Gasteiger partial charge >= 0.3 is 0 Å². The van der Waals surface area contributed by atoms with Gasteiger partial charge in [0.2, 0.25) is 0 Å². The van der Waals surface area contributed by atoms with Crippen LogP contribution in [0.2, 0.25) is 10.2 Å². The van der Waals surface area contributed by atoms with Crippen molar-refractivity contribution in [2.45, 2.75) is 13.8 Å². The van der Waals surface area contributed by atoms with Crippen LogP contribution in [0.4, 0.5) is 0 Å². The van der Waals surface area contributed by atoms with Gasteiger partial charge in [0.1, 0.15) is 5.15 Å². The zero-order chi connectivity index (χ0) is 18.2. The van der Waals surface area contributed by atoms with Crippen LogP contribution in [0.3, 0.4) is 0 Å². The van der Waals surface area contributed by atoms with E-state index in [2.05, 4.69) is 15.5 Å². The molecule has 0 radical (unpaired) electrons. The Balaban J connectivity index is 2.15. The molecule has 25 heavy (non-hydrogen) atoms. The molecule has 1 amide bonds. The van der Waals surface area contributed by atoms with E-state index in [0.29, 0.717) is 35.3 Å². The van der Waals surface area contributed by atoms with E-state index in [1.54, 1.807) is 24.3 Å². The van der Waals surface area contributed by atoms with Gasteiger partial charge in [0.25, 0.3) is 5.91 Å². The molecule has 1 aromatic heterocycles. The molecule has 2 aromatic rings. The summed E-state index contributed by atoms with van der Waals surface area (Å²) in [6.07, 6.45) is 2.95. The molecule has 6 nitrogen and oxygen atoms in total. The SMILES string of the molecule is CCOc1cc(C=NNC(=O)c2cccnc2Cl)cc(Cl)c1OCC. The van der Waals surface area contributed by atoms with Crippen LogP contribution in [0, 0.1) is 0 Å². The summed E-state index contributed by atoms with van der Waals surface area (Å²) in [5, 5.41) is 4.42. The second-order valence-electron chi connectivity index (χ2n) is 4.74. The average Bonchev–Trinajstić information content (AvgIpc) is 2.58. The van der Waals surface area contributed by atoms with Gasteiger partial charge in [-0.05, 0) is 43.7 Å². The number of hydrogen-bond donors (Lipinski definition) is 1. The number of rotatable bonds is 7. The number of amides is 1. The highest BCUT2D eigenvalue weighted by molar-refractivity contribution is 6.33. The molecule has 0 unspecified atom stereocenters. The molecule has 0 saturated heterocycles. The molecule has 132 valence electrons. The number of carbonyl (C=O) groups excluding carboxylic acids is 1. The Labute approximate surface area is 155 Å². The highest BCUT2D eigenvalue weighted by atomic mass is 35.5. The summed E-state index contributed by atoms with van der Waals surface area (Å²) in [5.74, 6) is 0.533. The fraction of sp³-hybridized carbons (Fsp3) is 0.235. The molecular weight excluding hydrogens is 365 g/mol. The van der Waals surface area contributed by atoms with Crippen LogP contribution in [-0.4, -0.2) is 30.3 Å². The van der Waals surface area contributed by atoms with E-state index < -0.39 is 5.91 Å². The Morgan fingerprint density at radius 2 is 2.04 bits per heavy atom. The number of nitrogens with one attached hydrogen (secondary N) is 1. The fourth-order valence-corrected chi connectivity index (χ4v) is 2.47. The number of hydrazone groups is 1. The van der Waals surface area contributed by atoms with Crippen molar-refractivity contribution in [3.8, 4) is 11.5 Å². The van der Waals surface area contributed by atoms with E-state index in [-0.39, 0.29) is 10.7 Å². The van der Waals surface area contributed by atoms with Gasteiger partial charge in [-0.25, -0.2) is 10.4 Å². The van der Waals surface area contributed by atoms with Crippen molar-refractivity contribution < 1.29 is 14.3 Å². The number of pyridine rings is 1. The second-order valence-corrected chi connectivity index (χ2v) is 5.50. The first-order valence-corrected chi connectivity index (χ1v) is 8.35. The number of hydrogen-bond acceptors (Lipinski definition) is 5. The van der Waals surface area contributed by atoms with Crippen molar-refractivity contribution in [2.75, 3.05) is 13.2 Å². The molecule has 0 spiro atoms. The largest absolute Gasteiger partial charge is 0.490 e. The van der Waals surface area contributed by atoms with E-state index in [0.717, 1.165) is 0 Å². The first-order valence-electron chi connectivity index (χ1n) is 7.59. The summed E-state index contributed by atoms with van der Waals surface area (Å²) in [5.41, 5.74) is 3.27. The predicted molar refractivity (Wildman–Crippen MR) is 98.1 cm³/mol. The molecule has 0 fully saturated rings. The van der Waals surface area contributed by atoms with Gasteiger partial charge in [-0.3, -0.25) is 4.79 Å². The molecule has 1 N–H and O–H groups in total. The van der Waals surface area contributed by atoms with Crippen molar-refractivity contribution in [1.82, 2.24) is 10.4 Å². The minimum absolute atomic E-state index is 0.109. The molecule has 0 bridgehead atoms. The maximum atomic E-state index is 12.0. The van der Waals surface area contributed by atoms with Crippen LogP contribution in [0.5, 0.6) is 11.5 Å². The molecule has 2 rings (SSSR count). The third-order valence-electron chi connectivity index (χ3n) is 3.00. The second kappa shape index (κ2) is 9.25. The van der Waals surface area contributed by atoms with E-state index in [1.165, 1.54) is 12.4 Å². The normalized spacial score (nSPS) is 10.7. The van der Waals surface area contributed by atoms with Crippen LogP contribution in [0.15, 0.2) is 35.6 Å². The zero-order valence-electron chi connectivity index (χ0n) is 13.8. The van der Waals surface area contributed by atoms with Crippen molar-refractivity contribution >= 4 is 35.3 Å². The van der Waals surface area contributed by atoms with Crippen molar-refractivity contribution in [1.29, 1.82) is 0 Å². The summed E-state index contributed by atoms with van der Waals surface area (Å²) in [4.78, 5) is 15.9. The number of ether oxygens (including phenoxy) is 2. The van der Waals surface area contributed by atoms with Crippen molar-refractivity contribution in [3.63, 3.8) is 0 Å². The number of benzene rings is 1. The van der Waals surface area contributed by atoms with Crippen LogP contribution in [-0.2, 0) is 0 Å². The smallest absolute Gasteiger partial charge is 0.274 e. The van der Waals surface area contributed by atoms with E-state index >= 15 is 0 Å². The lowest BCUT2D eigenvalue weighted by molar-refractivity contribution is 0.0955. The van der Waals surface area contributed by atoms with E-state index in [4.69, 9.17) is 32.7 Å². The Hall–Kier alpha value is -2.31. The van der Waals surface area contributed by atoms with Crippen LogP contribution >= 0.6 is 23.2 Å². The molecule has 0 saturated carbocycles. The van der Waals surface area contributed by atoms with Crippen molar-refractivity contribution in [2.24, 2.45) is 5.10 Å². The van der Waals surface area contributed by atoms with Crippen molar-refractivity contribution in [3.05, 3.63) is 51.8 Å². The Morgan fingerprint density at radius 1 is 1.28 bits per heavy atom. The van der Waals surface area contributed by atoms with Gasteiger partial charge in [0.05, 0.1) is 30.0 Å². The number of carbonyl (C=O) groups is 1. The standard InChI is InChI=1S/C17H17Cl2N3O3/c1-3-24-14-9-11(8-13(18)15(14)25-4-2)10-21-22-17(23)12-6-5-7-20-16(12)19/h5-10H,3-4H2,1-2H3,(H,22,23). The first kappa shape index (κ1) is 19.0. The molecular formula is C17H17Cl2N3O3. The van der Waals surface area contributed by atoms with Crippen LogP contribution in [0.25, 0.3) is 0 Å².